The van der Waals surface area contributed by atoms with Gasteiger partial charge >= 0.3 is 5.97 Å². The summed E-state index contributed by atoms with van der Waals surface area (Å²) in [7, 11) is 1.37. The highest BCUT2D eigenvalue weighted by Gasteiger charge is 2.03. The average Bonchev–Trinajstić information content (AvgIpc) is 2.34. The van der Waals surface area contributed by atoms with E-state index < -0.39 is 0 Å². The summed E-state index contributed by atoms with van der Waals surface area (Å²) in [5.41, 5.74) is 0.751. The minimum absolute atomic E-state index is 0.0484. The Hall–Kier alpha value is -1.55. The molecule has 1 aromatic carbocycles. The minimum atomic E-state index is -0.237. The Labute approximate surface area is 94.8 Å². The number of methoxy groups -OCH3 is 1. The second-order valence-corrected chi connectivity index (χ2v) is 3.29. The lowest BCUT2D eigenvalue weighted by atomic mass is 10.2. The van der Waals surface area contributed by atoms with Gasteiger partial charge in [0.25, 0.3) is 0 Å². The third-order valence-electron chi connectivity index (χ3n) is 2.15. The number of esters is 1. The standard InChI is InChI=1S/C12H16O4/c1-15-12(14)7-4-8-16-11-6-3-2-5-10(11)9-13/h2-3,5-6,13H,4,7-9H2,1H3. The molecule has 1 N–H and O–H groups in total. The highest BCUT2D eigenvalue weighted by Crippen LogP contribution is 2.17. The van der Waals surface area contributed by atoms with Crippen molar-refractivity contribution in [1.29, 1.82) is 0 Å². The van der Waals surface area contributed by atoms with E-state index in [4.69, 9.17) is 9.84 Å². The number of carbonyl (C=O) groups excluding carboxylic acids is 1. The monoisotopic (exact) mass is 224 g/mol. The zero-order chi connectivity index (χ0) is 11.8. The van der Waals surface area contributed by atoms with Gasteiger partial charge in [0.2, 0.25) is 0 Å². The van der Waals surface area contributed by atoms with E-state index in [0.717, 1.165) is 5.56 Å². The minimum Gasteiger partial charge on any atom is -0.493 e. The van der Waals surface area contributed by atoms with Crippen LogP contribution in [0.25, 0.3) is 0 Å². The Morgan fingerprint density at radius 1 is 1.38 bits per heavy atom. The lowest BCUT2D eigenvalue weighted by Gasteiger charge is -2.09. The van der Waals surface area contributed by atoms with E-state index in [-0.39, 0.29) is 12.6 Å². The highest BCUT2D eigenvalue weighted by atomic mass is 16.5. The van der Waals surface area contributed by atoms with Gasteiger partial charge in [-0.05, 0) is 12.5 Å². The molecule has 0 aromatic heterocycles. The number of benzene rings is 1. The fraction of sp³-hybridized carbons (Fsp3) is 0.417. The number of hydrogen-bond acceptors (Lipinski definition) is 4. The molecule has 0 aliphatic heterocycles. The maximum atomic E-state index is 10.8. The number of rotatable bonds is 6. The first kappa shape index (κ1) is 12.5. The molecule has 0 spiro atoms. The quantitative estimate of drug-likeness (QED) is 0.588. The van der Waals surface area contributed by atoms with Crippen LogP contribution in [0.2, 0.25) is 0 Å². The van der Waals surface area contributed by atoms with Gasteiger partial charge in [-0.15, -0.1) is 0 Å². The highest BCUT2D eigenvalue weighted by molar-refractivity contribution is 5.69. The lowest BCUT2D eigenvalue weighted by molar-refractivity contribution is -0.140. The van der Waals surface area contributed by atoms with Crippen molar-refractivity contribution in [3.05, 3.63) is 29.8 Å². The Kier molecular flexibility index (Phi) is 5.36. The number of para-hydroxylation sites is 1. The van der Waals surface area contributed by atoms with E-state index >= 15 is 0 Å². The molecule has 1 rings (SSSR count). The van der Waals surface area contributed by atoms with Crippen LogP contribution in [0.1, 0.15) is 18.4 Å². The summed E-state index contributed by atoms with van der Waals surface area (Å²) in [5, 5.41) is 9.05. The number of aliphatic hydroxyl groups excluding tert-OH is 1. The molecule has 4 nitrogen and oxygen atoms in total. The van der Waals surface area contributed by atoms with Crippen LogP contribution < -0.4 is 4.74 Å². The van der Waals surface area contributed by atoms with Crippen molar-refractivity contribution in [2.24, 2.45) is 0 Å². The molecular weight excluding hydrogens is 208 g/mol. The summed E-state index contributed by atoms with van der Waals surface area (Å²) < 4.78 is 9.97. The second kappa shape index (κ2) is 6.85. The summed E-state index contributed by atoms with van der Waals surface area (Å²) in [6.45, 7) is 0.388. The van der Waals surface area contributed by atoms with Crippen molar-refractivity contribution in [3.8, 4) is 5.75 Å². The normalized spacial score (nSPS) is 9.88. The fourth-order valence-electron chi connectivity index (χ4n) is 1.28. The van der Waals surface area contributed by atoms with Crippen LogP contribution in [0.4, 0.5) is 0 Å². The van der Waals surface area contributed by atoms with Crippen LogP contribution in [-0.4, -0.2) is 24.8 Å². The van der Waals surface area contributed by atoms with Gasteiger partial charge in [0, 0.05) is 12.0 Å². The molecule has 0 aliphatic carbocycles. The van der Waals surface area contributed by atoms with E-state index in [9.17, 15) is 4.79 Å². The predicted molar refractivity (Wildman–Crippen MR) is 59.1 cm³/mol. The Balaban J connectivity index is 2.34. The summed E-state index contributed by atoms with van der Waals surface area (Å²) in [4.78, 5) is 10.8. The topological polar surface area (TPSA) is 55.8 Å². The summed E-state index contributed by atoms with van der Waals surface area (Å²) in [5.74, 6) is 0.425. The largest absolute Gasteiger partial charge is 0.493 e. The molecular formula is C12H16O4. The van der Waals surface area contributed by atoms with Gasteiger partial charge < -0.3 is 14.6 Å². The van der Waals surface area contributed by atoms with Gasteiger partial charge in [0.05, 0.1) is 20.3 Å². The summed E-state index contributed by atoms with van der Waals surface area (Å²) in [6.07, 6.45) is 0.949. The van der Waals surface area contributed by atoms with E-state index in [1.54, 1.807) is 12.1 Å². The smallest absolute Gasteiger partial charge is 0.305 e. The zero-order valence-electron chi connectivity index (χ0n) is 9.31. The van der Waals surface area contributed by atoms with Crippen molar-refractivity contribution in [2.75, 3.05) is 13.7 Å². The first-order valence-electron chi connectivity index (χ1n) is 5.16. The number of ether oxygens (including phenoxy) is 2. The molecule has 0 bridgehead atoms. The van der Waals surface area contributed by atoms with Crippen LogP contribution in [0.5, 0.6) is 5.75 Å². The molecule has 4 heteroatoms. The first-order valence-corrected chi connectivity index (χ1v) is 5.16. The molecule has 0 atom stereocenters. The van der Waals surface area contributed by atoms with Crippen LogP contribution in [-0.2, 0) is 16.1 Å². The van der Waals surface area contributed by atoms with E-state index in [2.05, 4.69) is 4.74 Å². The van der Waals surface area contributed by atoms with Crippen molar-refractivity contribution in [1.82, 2.24) is 0 Å². The lowest BCUT2D eigenvalue weighted by Crippen LogP contribution is -2.05. The number of aliphatic hydroxyl groups is 1. The molecule has 16 heavy (non-hydrogen) atoms. The van der Waals surface area contributed by atoms with Gasteiger partial charge in [-0.2, -0.15) is 0 Å². The third-order valence-corrected chi connectivity index (χ3v) is 2.15. The zero-order valence-corrected chi connectivity index (χ0v) is 9.31. The maximum Gasteiger partial charge on any atom is 0.305 e. The van der Waals surface area contributed by atoms with Gasteiger partial charge in [-0.3, -0.25) is 4.79 Å². The van der Waals surface area contributed by atoms with Gasteiger partial charge in [0.1, 0.15) is 5.75 Å². The maximum absolute atomic E-state index is 10.8. The molecule has 0 saturated carbocycles. The van der Waals surface area contributed by atoms with Crippen LogP contribution in [0, 0.1) is 0 Å². The number of carbonyl (C=O) groups is 1. The number of hydrogen-bond donors (Lipinski definition) is 1. The summed E-state index contributed by atoms with van der Waals surface area (Å²) >= 11 is 0. The average molecular weight is 224 g/mol. The molecule has 0 amide bonds. The van der Waals surface area contributed by atoms with E-state index in [0.29, 0.717) is 25.2 Å². The Bertz CT molecular complexity index is 336. The van der Waals surface area contributed by atoms with Gasteiger partial charge in [-0.1, -0.05) is 18.2 Å². The van der Waals surface area contributed by atoms with Crippen molar-refractivity contribution >= 4 is 5.97 Å². The molecule has 0 radical (unpaired) electrons. The predicted octanol–water partition coefficient (Wildman–Crippen LogP) is 1.51. The molecule has 0 fully saturated rings. The van der Waals surface area contributed by atoms with Gasteiger partial charge in [-0.25, -0.2) is 0 Å². The summed E-state index contributed by atoms with van der Waals surface area (Å²) in [6, 6.07) is 7.28. The Morgan fingerprint density at radius 3 is 2.81 bits per heavy atom. The van der Waals surface area contributed by atoms with Gasteiger partial charge in [0.15, 0.2) is 0 Å². The molecule has 1 aromatic rings. The molecule has 0 unspecified atom stereocenters. The van der Waals surface area contributed by atoms with Crippen LogP contribution in [0.3, 0.4) is 0 Å². The van der Waals surface area contributed by atoms with E-state index in [1.807, 2.05) is 12.1 Å². The molecule has 88 valence electrons. The fourth-order valence-corrected chi connectivity index (χ4v) is 1.28. The van der Waals surface area contributed by atoms with E-state index in [1.165, 1.54) is 7.11 Å². The van der Waals surface area contributed by atoms with Crippen LogP contribution >= 0.6 is 0 Å². The Morgan fingerprint density at radius 2 is 2.12 bits per heavy atom. The molecule has 0 aliphatic rings. The molecule has 0 saturated heterocycles. The SMILES string of the molecule is COC(=O)CCCOc1ccccc1CO. The van der Waals surface area contributed by atoms with Crippen LogP contribution in [0.15, 0.2) is 24.3 Å². The first-order chi connectivity index (χ1) is 7.77. The molecule has 0 heterocycles. The van der Waals surface area contributed by atoms with Crippen molar-refractivity contribution < 1.29 is 19.4 Å². The third kappa shape index (κ3) is 3.90. The second-order valence-electron chi connectivity index (χ2n) is 3.29. The van der Waals surface area contributed by atoms with Crippen molar-refractivity contribution in [2.45, 2.75) is 19.4 Å². The van der Waals surface area contributed by atoms with Crippen molar-refractivity contribution in [3.63, 3.8) is 0 Å².